The van der Waals surface area contributed by atoms with Gasteiger partial charge >= 0.3 is 0 Å². The van der Waals surface area contributed by atoms with Crippen LogP contribution in [0.1, 0.15) is 31.0 Å². The Bertz CT molecular complexity index is 744. The number of rotatable bonds is 2. The molecule has 0 bridgehead atoms. The van der Waals surface area contributed by atoms with Crippen molar-refractivity contribution in [2.24, 2.45) is 0 Å². The van der Waals surface area contributed by atoms with Crippen LogP contribution in [0.25, 0.3) is 16.3 Å². The number of nitrogens with zero attached hydrogens (tertiary/aromatic N) is 4. The maximum atomic E-state index is 4.65. The average molecular weight is 335 g/mol. The number of halogens is 1. The molecule has 3 heterocycles. The zero-order chi connectivity index (χ0) is 12.8. The first kappa shape index (κ1) is 11.5. The molecule has 0 atom stereocenters. The van der Waals surface area contributed by atoms with Gasteiger partial charge in [-0.25, -0.2) is 4.98 Å². The highest BCUT2D eigenvalue weighted by atomic mass is 79.9. The third-order valence-corrected chi connectivity index (χ3v) is 5.20. The lowest BCUT2D eigenvalue weighted by atomic mass is 9.85. The van der Waals surface area contributed by atoms with E-state index in [4.69, 9.17) is 0 Å². The first-order chi connectivity index (χ1) is 9.31. The molecule has 1 fully saturated rings. The van der Waals surface area contributed by atoms with Crippen LogP contribution in [0.15, 0.2) is 28.2 Å². The number of thiophene rings is 1. The minimum Gasteiger partial charge on any atom is -0.220 e. The summed E-state index contributed by atoms with van der Waals surface area (Å²) in [5, 5.41) is 4.65. The summed E-state index contributed by atoms with van der Waals surface area (Å²) in [6.45, 7) is 0. The molecule has 0 amide bonds. The van der Waals surface area contributed by atoms with Gasteiger partial charge in [-0.15, -0.1) is 16.4 Å². The molecular formula is C13H11BrN4S. The summed E-state index contributed by atoms with van der Waals surface area (Å²) in [4.78, 5) is 10.0. The predicted octanol–water partition coefficient (Wildman–Crippen LogP) is 3.88. The SMILES string of the molecule is Brc1ccc(-c2ccnc3nc(C4CCC4)nn23)s1. The highest BCUT2D eigenvalue weighted by molar-refractivity contribution is 9.11. The van der Waals surface area contributed by atoms with E-state index in [2.05, 4.69) is 43.1 Å². The van der Waals surface area contributed by atoms with Gasteiger partial charge in [-0.2, -0.15) is 9.50 Å². The van der Waals surface area contributed by atoms with Crippen LogP contribution in [0.3, 0.4) is 0 Å². The number of fused-ring (bicyclic) bond motifs is 1. The Balaban J connectivity index is 1.88. The minimum absolute atomic E-state index is 0.532. The number of aromatic nitrogens is 4. The van der Waals surface area contributed by atoms with E-state index in [9.17, 15) is 0 Å². The molecule has 3 aromatic heterocycles. The van der Waals surface area contributed by atoms with Crippen molar-refractivity contribution in [2.45, 2.75) is 25.2 Å². The highest BCUT2D eigenvalue weighted by Gasteiger charge is 2.24. The molecule has 1 aliphatic rings. The van der Waals surface area contributed by atoms with Crippen molar-refractivity contribution in [2.75, 3.05) is 0 Å². The predicted molar refractivity (Wildman–Crippen MR) is 78.4 cm³/mol. The van der Waals surface area contributed by atoms with E-state index < -0.39 is 0 Å². The van der Waals surface area contributed by atoms with Gasteiger partial charge in [0, 0.05) is 12.1 Å². The molecule has 19 heavy (non-hydrogen) atoms. The lowest BCUT2D eigenvalue weighted by molar-refractivity contribution is 0.402. The molecule has 96 valence electrons. The quantitative estimate of drug-likeness (QED) is 0.714. The third kappa shape index (κ3) is 1.90. The summed E-state index contributed by atoms with van der Waals surface area (Å²) in [5.74, 6) is 2.18. The van der Waals surface area contributed by atoms with Crippen molar-refractivity contribution < 1.29 is 0 Å². The van der Waals surface area contributed by atoms with Gasteiger partial charge in [0.2, 0.25) is 0 Å². The summed E-state index contributed by atoms with van der Waals surface area (Å²) in [7, 11) is 0. The maximum absolute atomic E-state index is 4.65. The van der Waals surface area contributed by atoms with Crippen LogP contribution in [0.2, 0.25) is 0 Å². The van der Waals surface area contributed by atoms with Crippen LogP contribution in [-0.2, 0) is 0 Å². The fraction of sp³-hybridized carbons (Fsp3) is 0.308. The lowest BCUT2D eigenvalue weighted by Gasteiger charge is -2.21. The molecule has 4 nitrogen and oxygen atoms in total. The number of hydrogen-bond acceptors (Lipinski definition) is 4. The normalized spacial score (nSPS) is 15.8. The third-order valence-electron chi connectivity index (χ3n) is 3.55. The van der Waals surface area contributed by atoms with Gasteiger partial charge in [0.25, 0.3) is 5.78 Å². The minimum atomic E-state index is 0.532. The molecule has 0 N–H and O–H groups in total. The molecule has 0 aromatic carbocycles. The summed E-state index contributed by atoms with van der Waals surface area (Å²) in [6.07, 6.45) is 5.50. The first-order valence-corrected chi connectivity index (χ1v) is 7.89. The van der Waals surface area contributed by atoms with E-state index in [0.717, 1.165) is 15.3 Å². The van der Waals surface area contributed by atoms with Crippen molar-refractivity contribution in [3.05, 3.63) is 34.0 Å². The monoisotopic (exact) mass is 334 g/mol. The van der Waals surface area contributed by atoms with Gasteiger partial charge in [0.05, 0.1) is 14.4 Å². The van der Waals surface area contributed by atoms with E-state index in [-0.39, 0.29) is 0 Å². The highest BCUT2D eigenvalue weighted by Crippen LogP contribution is 2.35. The Hall–Kier alpha value is -1.27. The molecule has 1 aliphatic carbocycles. The largest absolute Gasteiger partial charge is 0.252 e. The Morgan fingerprint density at radius 1 is 1.26 bits per heavy atom. The first-order valence-electron chi connectivity index (χ1n) is 6.28. The van der Waals surface area contributed by atoms with E-state index in [1.54, 1.807) is 17.5 Å². The molecule has 6 heteroatoms. The van der Waals surface area contributed by atoms with Crippen LogP contribution in [0.4, 0.5) is 0 Å². The molecular weight excluding hydrogens is 324 g/mol. The van der Waals surface area contributed by atoms with E-state index in [1.807, 2.05) is 10.6 Å². The average Bonchev–Trinajstić information content (AvgIpc) is 2.92. The molecule has 4 rings (SSSR count). The van der Waals surface area contributed by atoms with Gasteiger partial charge in [0.1, 0.15) is 0 Å². The Morgan fingerprint density at radius 2 is 2.16 bits per heavy atom. The summed E-state index contributed by atoms with van der Waals surface area (Å²) in [5.41, 5.74) is 1.05. The van der Waals surface area contributed by atoms with Crippen LogP contribution in [0.5, 0.6) is 0 Å². The zero-order valence-electron chi connectivity index (χ0n) is 10.1. The van der Waals surface area contributed by atoms with E-state index in [0.29, 0.717) is 11.7 Å². The van der Waals surface area contributed by atoms with Crippen molar-refractivity contribution in [3.8, 4) is 10.6 Å². The van der Waals surface area contributed by atoms with Gasteiger partial charge in [-0.1, -0.05) is 6.42 Å². The molecule has 0 spiro atoms. The maximum Gasteiger partial charge on any atom is 0.252 e. The fourth-order valence-corrected chi connectivity index (χ4v) is 3.68. The van der Waals surface area contributed by atoms with Crippen molar-refractivity contribution in [1.82, 2.24) is 19.6 Å². The van der Waals surface area contributed by atoms with Gasteiger partial charge < -0.3 is 0 Å². The van der Waals surface area contributed by atoms with Gasteiger partial charge in [0.15, 0.2) is 5.82 Å². The van der Waals surface area contributed by atoms with Gasteiger partial charge in [-0.05, 0) is 47.0 Å². The van der Waals surface area contributed by atoms with Crippen molar-refractivity contribution >= 4 is 33.0 Å². The number of hydrogen-bond donors (Lipinski definition) is 0. The molecule has 3 aromatic rings. The van der Waals surface area contributed by atoms with Crippen LogP contribution < -0.4 is 0 Å². The summed E-state index contributed by atoms with van der Waals surface area (Å²) in [6, 6.07) is 6.13. The van der Waals surface area contributed by atoms with Crippen molar-refractivity contribution in [1.29, 1.82) is 0 Å². The lowest BCUT2D eigenvalue weighted by Crippen LogP contribution is -2.10. The topological polar surface area (TPSA) is 43.1 Å². The second-order valence-corrected chi connectivity index (χ2v) is 7.21. The summed E-state index contributed by atoms with van der Waals surface area (Å²) >= 11 is 5.19. The smallest absolute Gasteiger partial charge is 0.220 e. The second kappa shape index (κ2) is 4.38. The molecule has 0 saturated heterocycles. The van der Waals surface area contributed by atoms with Gasteiger partial charge in [-0.3, -0.25) is 0 Å². The molecule has 1 saturated carbocycles. The zero-order valence-corrected chi connectivity index (χ0v) is 12.5. The molecule has 0 aliphatic heterocycles. The Morgan fingerprint density at radius 3 is 2.84 bits per heavy atom. The Kier molecular flexibility index (Phi) is 2.66. The summed E-state index contributed by atoms with van der Waals surface area (Å²) < 4.78 is 2.98. The Labute approximate surface area is 122 Å². The van der Waals surface area contributed by atoms with E-state index in [1.165, 1.54) is 24.1 Å². The molecule has 0 radical (unpaired) electrons. The van der Waals surface area contributed by atoms with E-state index >= 15 is 0 Å². The second-order valence-electron chi connectivity index (χ2n) is 4.74. The van der Waals surface area contributed by atoms with Crippen molar-refractivity contribution in [3.63, 3.8) is 0 Å². The van der Waals surface area contributed by atoms with Crippen LogP contribution in [0, 0.1) is 0 Å². The van der Waals surface area contributed by atoms with Crippen LogP contribution in [-0.4, -0.2) is 19.6 Å². The fourth-order valence-electron chi connectivity index (χ4n) is 2.29. The molecule has 0 unspecified atom stereocenters. The standard InChI is InChI=1S/C13H11BrN4S/c14-11-5-4-10(19-11)9-6-7-15-13-16-12(17-18(9)13)8-2-1-3-8/h4-8H,1-3H2. The van der Waals surface area contributed by atoms with Crippen LogP contribution >= 0.6 is 27.3 Å².